The van der Waals surface area contributed by atoms with Gasteiger partial charge in [-0.2, -0.15) is 0 Å². The van der Waals surface area contributed by atoms with Gasteiger partial charge >= 0.3 is 0 Å². The van der Waals surface area contributed by atoms with Gasteiger partial charge in [-0.15, -0.1) is 0 Å². The molecule has 78 valence electrons. The Kier molecular flexibility index (Phi) is 2.32. The van der Waals surface area contributed by atoms with Crippen LogP contribution in [0.1, 0.15) is 0 Å². The minimum absolute atomic E-state index is 0.0636. The Morgan fingerprint density at radius 1 is 1.20 bits per heavy atom. The number of rotatable bonds is 2. The molecular weight excluding hydrogens is 212 g/mol. The van der Waals surface area contributed by atoms with Crippen molar-refractivity contribution in [3.63, 3.8) is 0 Å². The van der Waals surface area contributed by atoms with Gasteiger partial charge in [-0.25, -0.2) is 13.4 Å². The number of hydrogen-bond donors (Lipinski definition) is 0. The number of benzene rings is 1. The van der Waals surface area contributed by atoms with Crippen molar-refractivity contribution in [3.05, 3.63) is 42.7 Å². The van der Waals surface area contributed by atoms with Crippen molar-refractivity contribution in [1.29, 1.82) is 0 Å². The summed E-state index contributed by atoms with van der Waals surface area (Å²) in [4.78, 5) is 4.10. The average Bonchev–Trinajstić information content (AvgIpc) is 2.66. The molecule has 0 unspecified atom stereocenters. The first kappa shape index (κ1) is 9.92. The van der Waals surface area contributed by atoms with Gasteiger partial charge in [0.05, 0.1) is 4.90 Å². The van der Waals surface area contributed by atoms with Crippen LogP contribution in [0.2, 0.25) is 0 Å². The van der Waals surface area contributed by atoms with Crippen molar-refractivity contribution in [3.8, 4) is 0 Å². The second kappa shape index (κ2) is 3.51. The van der Waals surface area contributed by atoms with Crippen LogP contribution in [0, 0.1) is 0 Å². The van der Waals surface area contributed by atoms with Gasteiger partial charge in [0, 0.05) is 19.4 Å². The quantitative estimate of drug-likeness (QED) is 0.768. The zero-order valence-electron chi connectivity index (χ0n) is 8.16. The zero-order chi connectivity index (χ0) is 10.9. The van der Waals surface area contributed by atoms with Crippen molar-refractivity contribution >= 4 is 9.84 Å². The van der Waals surface area contributed by atoms with E-state index in [0.717, 1.165) is 0 Å². The molecule has 0 aliphatic heterocycles. The third kappa shape index (κ3) is 1.66. The highest BCUT2D eigenvalue weighted by Gasteiger charge is 2.21. The fraction of sp³-hybridized carbons (Fsp3) is 0.100. The van der Waals surface area contributed by atoms with E-state index in [1.165, 1.54) is 10.8 Å². The number of nitrogens with zero attached hydrogens (tertiary/aromatic N) is 2. The minimum Gasteiger partial charge on any atom is -0.325 e. The van der Waals surface area contributed by atoms with E-state index in [0.29, 0.717) is 0 Å². The lowest BCUT2D eigenvalue weighted by atomic mass is 10.4. The predicted octanol–water partition coefficient (Wildman–Crippen LogP) is 1.25. The maximum absolute atomic E-state index is 12.0. The summed E-state index contributed by atoms with van der Waals surface area (Å²) < 4.78 is 25.6. The maximum atomic E-state index is 12.0. The first-order valence-electron chi connectivity index (χ1n) is 4.40. The first-order chi connectivity index (χ1) is 7.12. The fourth-order valence-corrected chi connectivity index (χ4v) is 2.68. The van der Waals surface area contributed by atoms with Crippen LogP contribution in [0.15, 0.2) is 52.8 Å². The SMILES string of the molecule is Cn1ccnc1S(=O)(=O)c1ccccc1. The summed E-state index contributed by atoms with van der Waals surface area (Å²) in [6.45, 7) is 0. The van der Waals surface area contributed by atoms with Crippen molar-refractivity contribution in [2.75, 3.05) is 0 Å². The number of sulfone groups is 1. The third-order valence-corrected chi connectivity index (χ3v) is 3.84. The molecule has 0 fully saturated rings. The molecule has 0 atom stereocenters. The van der Waals surface area contributed by atoms with Crippen LogP contribution in [0.4, 0.5) is 0 Å². The number of aryl methyl sites for hydroxylation is 1. The van der Waals surface area contributed by atoms with Gasteiger partial charge in [-0.05, 0) is 12.1 Å². The molecule has 1 aromatic carbocycles. The summed E-state index contributed by atoms with van der Waals surface area (Å²) in [5.41, 5.74) is 0. The Labute approximate surface area is 88.1 Å². The Morgan fingerprint density at radius 2 is 1.87 bits per heavy atom. The van der Waals surface area contributed by atoms with Crippen LogP contribution < -0.4 is 0 Å². The molecule has 0 saturated heterocycles. The maximum Gasteiger partial charge on any atom is 0.240 e. The number of hydrogen-bond acceptors (Lipinski definition) is 3. The third-order valence-electron chi connectivity index (χ3n) is 2.07. The molecule has 5 heteroatoms. The molecule has 0 spiro atoms. The largest absolute Gasteiger partial charge is 0.325 e. The Hall–Kier alpha value is -1.62. The van der Waals surface area contributed by atoms with Crippen LogP contribution in [0.3, 0.4) is 0 Å². The van der Waals surface area contributed by atoms with E-state index in [1.54, 1.807) is 43.6 Å². The molecule has 0 radical (unpaired) electrons. The topological polar surface area (TPSA) is 52.0 Å². The van der Waals surface area contributed by atoms with Crippen molar-refractivity contribution < 1.29 is 8.42 Å². The molecule has 2 rings (SSSR count). The normalized spacial score (nSPS) is 11.5. The molecule has 0 aliphatic rings. The molecule has 1 aromatic heterocycles. The second-order valence-corrected chi connectivity index (χ2v) is 4.98. The minimum atomic E-state index is -3.47. The lowest BCUT2D eigenvalue weighted by molar-refractivity contribution is 0.579. The molecule has 2 aromatic rings. The summed E-state index contributed by atoms with van der Waals surface area (Å²) in [6, 6.07) is 8.27. The Bertz CT molecular complexity index is 558. The number of aromatic nitrogens is 2. The van der Waals surface area contributed by atoms with E-state index in [9.17, 15) is 8.42 Å². The molecule has 1 heterocycles. The first-order valence-corrected chi connectivity index (χ1v) is 5.88. The lowest BCUT2D eigenvalue weighted by Gasteiger charge is -2.03. The van der Waals surface area contributed by atoms with Crippen LogP contribution in [0.25, 0.3) is 0 Å². The van der Waals surface area contributed by atoms with Crippen LogP contribution in [0.5, 0.6) is 0 Å². The second-order valence-electron chi connectivity index (χ2n) is 3.14. The van der Waals surface area contributed by atoms with Crippen LogP contribution in [-0.4, -0.2) is 18.0 Å². The molecule has 0 bridgehead atoms. The molecule has 0 N–H and O–H groups in total. The molecule has 4 nitrogen and oxygen atoms in total. The van der Waals surface area contributed by atoms with E-state index in [-0.39, 0.29) is 10.1 Å². The summed E-state index contributed by atoms with van der Waals surface area (Å²) in [7, 11) is -1.82. The molecule has 0 aliphatic carbocycles. The monoisotopic (exact) mass is 222 g/mol. The van der Waals surface area contributed by atoms with Gasteiger partial charge in [0.25, 0.3) is 0 Å². The average molecular weight is 222 g/mol. The summed E-state index contributed by atoms with van der Waals surface area (Å²) in [6.07, 6.45) is 3.08. The van der Waals surface area contributed by atoms with Gasteiger partial charge in [-0.3, -0.25) is 0 Å². The molecule has 15 heavy (non-hydrogen) atoms. The molecule has 0 saturated carbocycles. The number of imidazole rings is 1. The van der Waals surface area contributed by atoms with Gasteiger partial charge < -0.3 is 4.57 Å². The van der Waals surface area contributed by atoms with Gasteiger partial charge in [-0.1, -0.05) is 18.2 Å². The fourth-order valence-electron chi connectivity index (χ4n) is 1.32. The highest BCUT2D eigenvalue weighted by molar-refractivity contribution is 7.91. The van der Waals surface area contributed by atoms with E-state index >= 15 is 0 Å². The van der Waals surface area contributed by atoms with Crippen LogP contribution in [-0.2, 0) is 16.9 Å². The summed E-state index contributed by atoms with van der Waals surface area (Å²) in [5.74, 6) is 0. The standard InChI is InChI=1S/C10H10N2O2S/c1-12-8-7-11-10(12)15(13,14)9-5-3-2-4-6-9/h2-8H,1H3. The van der Waals surface area contributed by atoms with Gasteiger partial charge in [0.2, 0.25) is 15.0 Å². The van der Waals surface area contributed by atoms with E-state index in [2.05, 4.69) is 4.98 Å². The molecule has 0 amide bonds. The van der Waals surface area contributed by atoms with Crippen molar-refractivity contribution in [2.24, 2.45) is 7.05 Å². The predicted molar refractivity (Wildman–Crippen MR) is 55.1 cm³/mol. The van der Waals surface area contributed by atoms with E-state index in [4.69, 9.17) is 0 Å². The lowest BCUT2D eigenvalue weighted by Crippen LogP contribution is -2.08. The summed E-state index contributed by atoms with van der Waals surface area (Å²) in [5, 5.41) is 0.0636. The van der Waals surface area contributed by atoms with Crippen molar-refractivity contribution in [1.82, 2.24) is 9.55 Å². The molecular formula is C10H10N2O2S. The highest BCUT2D eigenvalue weighted by atomic mass is 32.2. The smallest absolute Gasteiger partial charge is 0.240 e. The summed E-state index contributed by atoms with van der Waals surface area (Å²) >= 11 is 0. The highest BCUT2D eigenvalue weighted by Crippen LogP contribution is 2.17. The van der Waals surface area contributed by atoms with E-state index in [1.807, 2.05) is 0 Å². The Balaban J connectivity index is 2.60. The van der Waals surface area contributed by atoms with E-state index < -0.39 is 9.84 Å². The van der Waals surface area contributed by atoms with Gasteiger partial charge in [0.1, 0.15) is 0 Å². The van der Waals surface area contributed by atoms with Crippen molar-refractivity contribution in [2.45, 2.75) is 10.1 Å². The zero-order valence-corrected chi connectivity index (χ0v) is 8.98. The van der Waals surface area contributed by atoms with Gasteiger partial charge in [0.15, 0.2) is 0 Å². The van der Waals surface area contributed by atoms with Crippen LogP contribution >= 0.6 is 0 Å². The Morgan fingerprint density at radius 3 is 2.40 bits per heavy atom.